The quantitative estimate of drug-likeness (QED) is 0.849. The van der Waals surface area contributed by atoms with Crippen molar-refractivity contribution in [1.82, 2.24) is 5.32 Å². The number of nitriles is 1. The molecule has 0 radical (unpaired) electrons. The van der Waals surface area contributed by atoms with E-state index in [9.17, 15) is 4.39 Å². The van der Waals surface area contributed by atoms with Crippen LogP contribution in [-0.4, -0.2) is 6.54 Å². The molecule has 0 saturated heterocycles. The van der Waals surface area contributed by atoms with Crippen molar-refractivity contribution in [1.29, 1.82) is 5.26 Å². The van der Waals surface area contributed by atoms with E-state index in [1.54, 1.807) is 12.1 Å². The molecule has 0 bridgehead atoms. The minimum Gasteiger partial charge on any atom is -0.312 e. The van der Waals surface area contributed by atoms with Gasteiger partial charge in [0.15, 0.2) is 0 Å². The van der Waals surface area contributed by atoms with Gasteiger partial charge in [0, 0.05) is 12.1 Å². The fourth-order valence-electron chi connectivity index (χ4n) is 1.47. The van der Waals surface area contributed by atoms with Crippen molar-refractivity contribution in [3.8, 4) is 6.07 Å². The van der Waals surface area contributed by atoms with Crippen LogP contribution in [0.25, 0.3) is 0 Å². The van der Waals surface area contributed by atoms with Gasteiger partial charge in [-0.15, -0.1) is 0 Å². The second kappa shape index (κ2) is 6.36. The third kappa shape index (κ3) is 3.83. The summed E-state index contributed by atoms with van der Waals surface area (Å²) in [7, 11) is 0. The second-order valence-corrected chi connectivity index (χ2v) is 4.74. The maximum atomic E-state index is 13.7. The number of hydrogen-bond acceptors (Lipinski definition) is 2. The van der Waals surface area contributed by atoms with Crippen LogP contribution >= 0.6 is 0 Å². The molecule has 92 valence electrons. The first-order chi connectivity index (χ1) is 8.06. The highest BCUT2D eigenvalue weighted by molar-refractivity contribution is 5.34. The lowest BCUT2D eigenvalue weighted by Gasteiger charge is -2.16. The van der Waals surface area contributed by atoms with E-state index < -0.39 is 5.82 Å². The molecule has 0 aromatic heterocycles. The molecule has 1 aromatic rings. The Balaban J connectivity index is 2.56. The van der Waals surface area contributed by atoms with Crippen LogP contribution in [0.3, 0.4) is 0 Å². The summed E-state index contributed by atoms with van der Waals surface area (Å²) in [4.78, 5) is 0. The maximum absolute atomic E-state index is 13.7. The summed E-state index contributed by atoms with van der Waals surface area (Å²) in [6.45, 7) is 7.83. The van der Waals surface area contributed by atoms with Crippen molar-refractivity contribution < 1.29 is 4.39 Å². The molecule has 3 heteroatoms. The molecule has 0 aliphatic heterocycles. The predicted molar refractivity (Wildman–Crippen MR) is 66.8 cm³/mol. The van der Waals surface area contributed by atoms with Gasteiger partial charge in [-0.3, -0.25) is 0 Å². The Kier molecular flexibility index (Phi) is 5.11. The number of hydrogen-bond donors (Lipinski definition) is 1. The van der Waals surface area contributed by atoms with Crippen molar-refractivity contribution in [2.75, 3.05) is 6.54 Å². The molecule has 0 aliphatic carbocycles. The Hall–Kier alpha value is -1.40. The van der Waals surface area contributed by atoms with Gasteiger partial charge in [-0.2, -0.15) is 5.26 Å². The van der Waals surface area contributed by atoms with Crippen LogP contribution in [0, 0.1) is 29.0 Å². The van der Waals surface area contributed by atoms with Crippen LogP contribution < -0.4 is 5.32 Å². The SMILES string of the molecule is CC(C)C(C)CNCc1cccc(C#N)c1F. The first-order valence-electron chi connectivity index (χ1n) is 5.94. The van der Waals surface area contributed by atoms with Crippen molar-refractivity contribution in [2.24, 2.45) is 11.8 Å². The molecular weight excluding hydrogens is 215 g/mol. The standard InChI is InChI=1S/C14H19FN2/c1-10(2)11(3)8-17-9-13-6-4-5-12(7-16)14(13)15/h4-6,10-11,17H,8-9H2,1-3H3. The van der Waals surface area contributed by atoms with Gasteiger partial charge >= 0.3 is 0 Å². The molecule has 1 rings (SSSR count). The number of benzene rings is 1. The molecule has 0 heterocycles. The van der Waals surface area contributed by atoms with E-state index in [1.807, 2.05) is 6.07 Å². The molecular formula is C14H19FN2. The summed E-state index contributed by atoms with van der Waals surface area (Å²) in [5.41, 5.74) is 0.668. The topological polar surface area (TPSA) is 35.8 Å². The number of rotatable bonds is 5. The van der Waals surface area contributed by atoms with Gasteiger partial charge in [0.2, 0.25) is 0 Å². The second-order valence-electron chi connectivity index (χ2n) is 4.74. The van der Waals surface area contributed by atoms with E-state index >= 15 is 0 Å². The Bertz CT molecular complexity index is 407. The zero-order valence-corrected chi connectivity index (χ0v) is 10.6. The first kappa shape index (κ1) is 13.7. The monoisotopic (exact) mass is 234 g/mol. The van der Waals surface area contributed by atoms with E-state index in [1.165, 1.54) is 6.07 Å². The Morgan fingerprint density at radius 3 is 2.65 bits per heavy atom. The van der Waals surface area contributed by atoms with E-state index in [0.717, 1.165) is 6.54 Å². The smallest absolute Gasteiger partial charge is 0.145 e. The maximum Gasteiger partial charge on any atom is 0.145 e. The molecule has 2 nitrogen and oxygen atoms in total. The third-order valence-electron chi connectivity index (χ3n) is 3.12. The Labute approximate surface area is 102 Å². The van der Waals surface area contributed by atoms with Crippen molar-refractivity contribution in [2.45, 2.75) is 27.3 Å². The molecule has 0 saturated carbocycles. The molecule has 0 amide bonds. The Morgan fingerprint density at radius 1 is 1.35 bits per heavy atom. The minimum atomic E-state index is -0.403. The van der Waals surface area contributed by atoms with Gasteiger partial charge < -0.3 is 5.32 Å². The fraction of sp³-hybridized carbons (Fsp3) is 0.500. The normalized spacial score (nSPS) is 12.5. The van der Waals surface area contributed by atoms with Gasteiger partial charge in [-0.25, -0.2) is 4.39 Å². The zero-order chi connectivity index (χ0) is 12.8. The summed E-state index contributed by atoms with van der Waals surface area (Å²) in [6.07, 6.45) is 0. The summed E-state index contributed by atoms with van der Waals surface area (Å²) in [5.74, 6) is 0.759. The van der Waals surface area contributed by atoms with Crippen LogP contribution in [0.2, 0.25) is 0 Å². The van der Waals surface area contributed by atoms with Crippen molar-refractivity contribution in [3.63, 3.8) is 0 Å². The highest BCUT2D eigenvalue weighted by atomic mass is 19.1. The molecule has 1 aromatic carbocycles. The number of nitrogens with zero attached hydrogens (tertiary/aromatic N) is 1. The van der Waals surface area contributed by atoms with Gasteiger partial charge in [-0.05, 0) is 24.4 Å². The van der Waals surface area contributed by atoms with Crippen LogP contribution in [0.4, 0.5) is 4.39 Å². The number of nitrogens with one attached hydrogen (secondary N) is 1. The predicted octanol–water partition coefficient (Wildman–Crippen LogP) is 3.08. The zero-order valence-electron chi connectivity index (χ0n) is 10.6. The average Bonchev–Trinajstić information content (AvgIpc) is 2.31. The molecule has 1 unspecified atom stereocenters. The van der Waals surface area contributed by atoms with Crippen LogP contribution in [0.5, 0.6) is 0 Å². The third-order valence-corrected chi connectivity index (χ3v) is 3.12. The van der Waals surface area contributed by atoms with E-state index in [4.69, 9.17) is 5.26 Å². The summed E-state index contributed by atoms with van der Waals surface area (Å²) in [5, 5.41) is 11.9. The Morgan fingerprint density at radius 2 is 2.06 bits per heavy atom. The molecule has 1 atom stereocenters. The lowest BCUT2D eigenvalue weighted by Crippen LogP contribution is -2.24. The van der Waals surface area contributed by atoms with Crippen LogP contribution in [0.1, 0.15) is 31.9 Å². The van der Waals surface area contributed by atoms with Gasteiger partial charge in [0.25, 0.3) is 0 Å². The molecule has 0 spiro atoms. The summed E-state index contributed by atoms with van der Waals surface area (Å²) in [6, 6.07) is 6.77. The van der Waals surface area contributed by atoms with Gasteiger partial charge in [0.1, 0.15) is 11.9 Å². The first-order valence-corrected chi connectivity index (χ1v) is 5.94. The van der Waals surface area contributed by atoms with Crippen molar-refractivity contribution in [3.05, 3.63) is 35.1 Å². The molecule has 1 N–H and O–H groups in total. The highest BCUT2D eigenvalue weighted by Gasteiger charge is 2.09. The van der Waals surface area contributed by atoms with Crippen LogP contribution in [0.15, 0.2) is 18.2 Å². The molecule has 17 heavy (non-hydrogen) atoms. The fourth-order valence-corrected chi connectivity index (χ4v) is 1.47. The number of halogens is 1. The lowest BCUT2D eigenvalue weighted by molar-refractivity contribution is 0.391. The summed E-state index contributed by atoms with van der Waals surface area (Å²) < 4.78 is 13.7. The van der Waals surface area contributed by atoms with Gasteiger partial charge in [-0.1, -0.05) is 32.9 Å². The van der Waals surface area contributed by atoms with E-state index in [0.29, 0.717) is 23.9 Å². The minimum absolute atomic E-state index is 0.112. The van der Waals surface area contributed by atoms with Crippen LogP contribution in [-0.2, 0) is 6.54 Å². The largest absolute Gasteiger partial charge is 0.312 e. The van der Waals surface area contributed by atoms with E-state index in [-0.39, 0.29) is 5.56 Å². The van der Waals surface area contributed by atoms with E-state index in [2.05, 4.69) is 26.1 Å². The average molecular weight is 234 g/mol. The van der Waals surface area contributed by atoms with Crippen molar-refractivity contribution >= 4 is 0 Å². The van der Waals surface area contributed by atoms with Gasteiger partial charge in [0.05, 0.1) is 5.56 Å². The molecule has 0 fully saturated rings. The molecule has 0 aliphatic rings. The highest BCUT2D eigenvalue weighted by Crippen LogP contribution is 2.12. The lowest BCUT2D eigenvalue weighted by atomic mass is 9.98. The summed E-state index contributed by atoms with van der Waals surface area (Å²) >= 11 is 0.